The van der Waals surface area contributed by atoms with E-state index in [-0.39, 0.29) is 11.9 Å². The SMILES string of the molecule is CC(=O)Nc1cccc(C(C)NC(C)CCc2ccco2)c1. The standard InChI is InChI=1S/C18H24N2O2/c1-13(9-10-18-8-5-11-22-18)19-14(2)16-6-4-7-17(12-16)20-15(3)21/h4-8,11-14,19H,9-10H2,1-3H3,(H,20,21). The summed E-state index contributed by atoms with van der Waals surface area (Å²) in [7, 11) is 0. The van der Waals surface area contributed by atoms with E-state index in [1.54, 1.807) is 6.26 Å². The maximum Gasteiger partial charge on any atom is 0.221 e. The Labute approximate surface area is 131 Å². The van der Waals surface area contributed by atoms with Crippen LogP contribution >= 0.6 is 0 Å². The van der Waals surface area contributed by atoms with Gasteiger partial charge in [-0.15, -0.1) is 0 Å². The molecule has 0 aliphatic heterocycles. The summed E-state index contributed by atoms with van der Waals surface area (Å²) in [5.74, 6) is 0.971. The topological polar surface area (TPSA) is 54.3 Å². The van der Waals surface area contributed by atoms with Gasteiger partial charge in [0, 0.05) is 31.1 Å². The van der Waals surface area contributed by atoms with E-state index in [1.165, 1.54) is 6.92 Å². The van der Waals surface area contributed by atoms with Crippen molar-refractivity contribution in [3.63, 3.8) is 0 Å². The summed E-state index contributed by atoms with van der Waals surface area (Å²) in [6, 6.07) is 12.5. The molecule has 0 saturated heterocycles. The lowest BCUT2D eigenvalue weighted by molar-refractivity contribution is -0.114. The molecule has 0 fully saturated rings. The molecular weight excluding hydrogens is 276 g/mol. The molecule has 1 heterocycles. The van der Waals surface area contributed by atoms with Crippen LogP contribution in [0.25, 0.3) is 0 Å². The second-order valence-electron chi connectivity index (χ2n) is 5.71. The van der Waals surface area contributed by atoms with Gasteiger partial charge in [-0.05, 0) is 50.1 Å². The summed E-state index contributed by atoms with van der Waals surface area (Å²) in [5, 5.41) is 6.40. The molecule has 22 heavy (non-hydrogen) atoms. The van der Waals surface area contributed by atoms with E-state index in [1.807, 2.05) is 30.3 Å². The summed E-state index contributed by atoms with van der Waals surface area (Å²) < 4.78 is 5.36. The third kappa shape index (κ3) is 5.04. The van der Waals surface area contributed by atoms with Gasteiger partial charge < -0.3 is 15.1 Å². The fraction of sp³-hybridized carbons (Fsp3) is 0.389. The zero-order valence-corrected chi connectivity index (χ0v) is 13.4. The van der Waals surface area contributed by atoms with Gasteiger partial charge >= 0.3 is 0 Å². The highest BCUT2D eigenvalue weighted by molar-refractivity contribution is 5.88. The smallest absolute Gasteiger partial charge is 0.221 e. The molecule has 118 valence electrons. The van der Waals surface area contributed by atoms with E-state index in [2.05, 4.69) is 30.5 Å². The van der Waals surface area contributed by atoms with Crippen molar-refractivity contribution in [3.05, 3.63) is 54.0 Å². The predicted octanol–water partition coefficient (Wildman–Crippen LogP) is 3.91. The maximum absolute atomic E-state index is 11.1. The van der Waals surface area contributed by atoms with Crippen molar-refractivity contribution in [2.45, 2.75) is 45.7 Å². The fourth-order valence-corrected chi connectivity index (χ4v) is 2.51. The van der Waals surface area contributed by atoms with Crippen LogP contribution in [0.2, 0.25) is 0 Å². The third-order valence-electron chi connectivity index (χ3n) is 3.65. The molecule has 0 saturated carbocycles. The number of benzene rings is 1. The Morgan fingerprint density at radius 1 is 1.23 bits per heavy atom. The van der Waals surface area contributed by atoms with Gasteiger partial charge in [0.25, 0.3) is 0 Å². The molecule has 2 atom stereocenters. The van der Waals surface area contributed by atoms with Crippen molar-refractivity contribution < 1.29 is 9.21 Å². The Hall–Kier alpha value is -2.07. The first-order valence-electron chi connectivity index (χ1n) is 7.70. The fourth-order valence-electron chi connectivity index (χ4n) is 2.51. The number of amides is 1. The lowest BCUT2D eigenvalue weighted by Crippen LogP contribution is -2.29. The molecule has 4 nitrogen and oxygen atoms in total. The van der Waals surface area contributed by atoms with Gasteiger partial charge in [0.2, 0.25) is 5.91 Å². The zero-order valence-electron chi connectivity index (χ0n) is 13.4. The van der Waals surface area contributed by atoms with E-state index in [9.17, 15) is 4.79 Å². The molecule has 4 heteroatoms. The van der Waals surface area contributed by atoms with Crippen LogP contribution in [0, 0.1) is 0 Å². The average molecular weight is 300 g/mol. The number of hydrogen-bond acceptors (Lipinski definition) is 3. The lowest BCUT2D eigenvalue weighted by atomic mass is 10.0. The minimum Gasteiger partial charge on any atom is -0.469 e. The second-order valence-corrected chi connectivity index (χ2v) is 5.71. The van der Waals surface area contributed by atoms with Crippen molar-refractivity contribution in [3.8, 4) is 0 Å². The Morgan fingerprint density at radius 2 is 2.05 bits per heavy atom. The quantitative estimate of drug-likeness (QED) is 0.815. The number of carbonyl (C=O) groups excluding carboxylic acids is 1. The van der Waals surface area contributed by atoms with Gasteiger partial charge in [0.15, 0.2) is 0 Å². The van der Waals surface area contributed by atoms with Crippen LogP contribution in [0.3, 0.4) is 0 Å². The van der Waals surface area contributed by atoms with Gasteiger partial charge in [-0.1, -0.05) is 12.1 Å². The molecule has 0 aliphatic rings. The summed E-state index contributed by atoms with van der Waals surface area (Å²) in [5.41, 5.74) is 2.00. The molecular formula is C18H24N2O2. The van der Waals surface area contributed by atoms with Gasteiger partial charge in [-0.25, -0.2) is 0 Å². The number of carbonyl (C=O) groups is 1. The summed E-state index contributed by atoms with van der Waals surface area (Å²) in [6.45, 7) is 5.83. The Morgan fingerprint density at radius 3 is 2.73 bits per heavy atom. The maximum atomic E-state index is 11.1. The molecule has 1 aromatic heterocycles. The second kappa shape index (κ2) is 7.80. The highest BCUT2D eigenvalue weighted by atomic mass is 16.3. The normalized spacial score (nSPS) is 13.6. The monoisotopic (exact) mass is 300 g/mol. The van der Waals surface area contributed by atoms with Crippen LogP contribution in [0.4, 0.5) is 5.69 Å². The molecule has 1 aromatic carbocycles. The molecule has 2 N–H and O–H groups in total. The summed E-state index contributed by atoms with van der Waals surface area (Å²) in [4.78, 5) is 11.1. The third-order valence-corrected chi connectivity index (χ3v) is 3.65. The van der Waals surface area contributed by atoms with Gasteiger partial charge in [-0.2, -0.15) is 0 Å². The van der Waals surface area contributed by atoms with Crippen molar-refractivity contribution in [2.24, 2.45) is 0 Å². The van der Waals surface area contributed by atoms with Crippen molar-refractivity contribution in [1.82, 2.24) is 5.32 Å². The van der Waals surface area contributed by atoms with Crippen LogP contribution in [-0.2, 0) is 11.2 Å². The molecule has 2 unspecified atom stereocenters. The number of anilines is 1. The summed E-state index contributed by atoms with van der Waals surface area (Å²) >= 11 is 0. The first-order chi connectivity index (χ1) is 10.5. The van der Waals surface area contributed by atoms with Crippen LogP contribution in [0.5, 0.6) is 0 Å². The van der Waals surface area contributed by atoms with Gasteiger partial charge in [0.1, 0.15) is 5.76 Å². The van der Waals surface area contributed by atoms with E-state index < -0.39 is 0 Å². The predicted molar refractivity (Wildman–Crippen MR) is 88.8 cm³/mol. The number of furan rings is 1. The molecule has 0 radical (unpaired) electrons. The molecule has 2 rings (SSSR count). The molecule has 2 aromatic rings. The van der Waals surface area contributed by atoms with E-state index in [0.29, 0.717) is 6.04 Å². The molecule has 0 aliphatic carbocycles. The van der Waals surface area contributed by atoms with E-state index >= 15 is 0 Å². The van der Waals surface area contributed by atoms with Crippen LogP contribution < -0.4 is 10.6 Å². The van der Waals surface area contributed by atoms with Crippen molar-refractivity contribution >= 4 is 11.6 Å². The highest BCUT2D eigenvalue weighted by Gasteiger charge is 2.11. The lowest BCUT2D eigenvalue weighted by Gasteiger charge is -2.20. The molecule has 0 spiro atoms. The molecule has 0 bridgehead atoms. The van der Waals surface area contributed by atoms with Crippen molar-refractivity contribution in [1.29, 1.82) is 0 Å². The number of rotatable bonds is 7. The largest absolute Gasteiger partial charge is 0.469 e. The number of aryl methyl sites for hydroxylation is 1. The van der Waals surface area contributed by atoms with Crippen LogP contribution in [0.1, 0.15) is 44.6 Å². The Bertz CT molecular complexity index is 593. The Kier molecular flexibility index (Phi) is 5.78. The van der Waals surface area contributed by atoms with Crippen LogP contribution in [-0.4, -0.2) is 11.9 Å². The number of nitrogens with one attached hydrogen (secondary N) is 2. The zero-order chi connectivity index (χ0) is 15.9. The minimum atomic E-state index is -0.0513. The van der Waals surface area contributed by atoms with E-state index in [0.717, 1.165) is 29.9 Å². The van der Waals surface area contributed by atoms with Gasteiger partial charge in [0.05, 0.1) is 6.26 Å². The molecule has 1 amide bonds. The first kappa shape index (κ1) is 16.3. The number of hydrogen-bond donors (Lipinski definition) is 2. The minimum absolute atomic E-state index is 0.0513. The van der Waals surface area contributed by atoms with E-state index in [4.69, 9.17) is 4.42 Å². The first-order valence-corrected chi connectivity index (χ1v) is 7.70. The average Bonchev–Trinajstić information content (AvgIpc) is 2.98. The highest BCUT2D eigenvalue weighted by Crippen LogP contribution is 2.18. The van der Waals surface area contributed by atoms with Gasteiger partial charge in [-0.3, -0.25) is 4.79 Å². The Balaban J connectivity index is 1.87. The summed E-state index contributed by atoms with van der Waals surface area (Å²) in [6.07, 6.45) is 3.66. The van der Waals surface area contributed by atoms with Crippen molar-refractivity contribution in [2.75, 3.05) is 5.32 Å². The van der Waals surface area contributed by atoms with Crippen LogP contribution in [0.15, 0.2) is 47.1 Å².